The van der Waals surface area contributed by atoms with E-state index in [1.807, 2.05) is 0 Å². The van der Waals surface area contributed by atoms with Gasteiger partial charge in [-0.3, -0.25) is 5.41 Å². The zero-order chi connectivity index (χ0) is 6.97. The Balaban J connectivity index is 2.91. The molecule has 0 saturated heterocycles. The van der Waals surface area contributed by atoms with Gasteiger partial charge in [0, 0.05) is 12.4 Å². The van der Waals surface area contributed by atoms with Gasteiger partial charge in [0.2, 0.25) is 5.82 Å². The summed E-state index contributed by atoms with van der Waals surface area (Å²) in [5.74, 6) is 0.544. The molecule has 0 saturated carbocycles. The molecule has 0 aromatic heterocycles. The normalized spacial score (nSPS) is 10.4. The smallest absolute Gasteiger partial charge is 0.202 e. The summed E-state index contributed by atoms with van der Waals surface area (Å²) in [6, 6.07) is 1.66. The van der Waals surface area contributed by atoms with E-state index in [0.29, 0.717) is 11.2 Å². The predicted octanol–water partition coefficient (Wildman–Crippen LogP) is 0.383. The monoisotopic (exact) mass is 135 g/mol. The molecule has 4 nitrogen and oxygen atoms in total. The van der Waals surface area contributed by atoms with Crippen LogP contribution in [0.15, 0.2) is 29.2 Å². The van der Waals surface area contributed by atoms with Crippen molar-refractivity contribution in [1.29, 1.82) is 5.41 Å². The quantitative estimate of drug-likeness (QED) is 0.567. The summed E-state index contributed by atoms with van der Waals surface area (Å²) >= 11 is 0. The molecule has 2 aliphatic rings. The lowest BCUT2D eigenvalue weighted by molar-refractivity contribution is 0.386. The van der Waals surface area contributed by atoms with Gasteiger partial charge in [0.05, 0.1) is 0 Å². The number of hydrogen-bond donors (Lipinski definition) is 1. The third kappa shape index (κ3) is 0.556. The minimum absolute atomic E-state index is 0.379. The van der Waals surface area contributed by atoms with Gasteiger partial charge in [0.15, 0.2) is 0 Å². The van der Waals surface area contributed by atoms with Crippen LogP contribution < -0.4 is 5.36 Å². The second kappa shape index (κ2) is 1.70. The largest absolute Gasteiger partial charge is 0.361 e. The van der Waals surface area contributed by atoms with E-state index in [2.05, 4.69) is 9.68 Å². The van der Waals surface area contributed by atoms with Crippen LogP contribution in [-0.2, 0) is 0 Å². The van der Waals surface area contributed by atoms with E-state index in [4.69, 9.17) is 5.41 Å². The molecule has 0 atom stereocenters. The van der Waals surface area contributed by atoms with Gasteiger partial charge in [-0.15, -0.1) is 0 Å². The molecule has 2 heterocycles. The zero-order valence-corrected chi connectivity index (χ0v) is 5.11. The highest BCUT2D eigenvalue weighted by Gasteiger charge is 2.01. The number of rotatable bonds is 0. The van der Waals surface area contributed by atoms with Gasteiger partial charge >= 0.3 is 0 Å². The van der Waals surface area contributed by atoms with Crippen molar-refractivity contribution in [3.8, 4) is 5.82 Å². The second-order valence-corrected chi connectivity index (χ2v) is 1.94. The van der Waals surface area contributed by atoms with E-state index in [1.54, 1.807) is 23.0 Å². The van der Waals surface area contributed by atoms with Gasteiger partial charge in [-0.25, -0.2) is 0 Å². The summed E-state index contributed by atoms with van der Waals surface area (Å²) in [7, 11) is 0. The first-order valence-electron chi connectivity index (χ1n) is 2.84. The van der Waals surface area contributed by atoms with Crippen molar-refractivity contribution in [2.75, 3.05) is 0 Å². The number of fused-ring (bicyclic) bond motifs is 1. The van der Waals surface area contributed by atoms with Gasteiger partial charge in [-0.2, -0.15) is 0 Å². The van der Waals surface area contributed by atoms with Crippen LogP contribution in [0.1, 0.15) is 0 Å². The van der Waals surface area contributed by atoms with Crippen molar-refractivity contribution >= 4 is 0 Å². The van der Waals surface area contributed by atoms with Gasteiger partial charge in [0.25, 0.3) is 0 Å². The summed E-state index contributed by atoms with van der Waals surface area (Å²) in [6.07, 6.45) is 4.94. The van der Waals surface area contributed by atoms with Crippen molar-refractivity contribution in [2.24, 2.45) is 0 Å². The summed E-state index contributed by atoms with van der Waals surface area (Å²) in [6.45, 7) is 0. The molecular weight excluding hydrogens is 130 g/mol. The predicted molar refractivity (Wildman–Crippen MR) is 32.9 cm³/mol. The van der Waals surface area contributed by atoms with E-state index in [-0.39, 0.29) is 0 Å². The van der Waals surface area contributed by atoms with Crippen molar-refractivity contribution < 1.29 is 4.52 Å². The average Bonchev–Trinajstić information content (AvgIpc) is 2.34. The Bertz CT molecular complexity index is 362. The summed E-state index contributed by atoms with van der Waals surface area (Å²) < 4.78 is 6.37. The van der Waals surface area contributed by atoms with Crippen LogP contribution in [0.3, 0.4) is 0 Å². The molecule has 0 unspecified atom stereocenters. The van der Waals surface area contributed by atoms with Crippen molar-refractivity contribution in [2.45, 2.75) is 0 Å². The van der Waals surface area contributed by atoms with E-state index < -0.39 is 0 Å². The average molecular weight is 135 g/mol. The zero-order valence-electron chi connectivity index (χ0n) is 5.11. The van der Waals surface area contributed by atoms with Crippen LogP contribution in [0.2, 0.25) is 0 Å². The maximum atomic E-state index is 7.30. The molecule has 0 amide bonds. The Hall–Kier alpha value is -1.58. The molecule has 4 heteroatoms. The Kier molecular flexibility index (Phi) is 0.887. The first kappa shape index (κ1) is 5.22. The van der Waals surface area contributed by atoms with Crippen LogP contribution in [0.25, 0.3) is 5.82 Å². The Morgan fingerprint density at radius 3 is 3.20 bits per heavy atom. The molecule has 0 aromatic rings. The van der Waals surface area contributed by atoms with E-state index in [9.17, 15) is 0 Å². The molecule has 10 heavy (non-hydrogen) atoms. The molecule has 2 rings (SSSR count). The molecule has 0 spiro atoms. The van der Waals surface area contributed by atoms with Crippen LogP contribution in [0, 0.1) is 5.41 Å². The molecule has 1 N–H and O–H groups in total. The van der Waals surface area contributed by atoms with Gasteiger partial charge in [-0.1, -0.05) is 5.16 Å². The molecular formula is C6H5N3O. The Morgan fingerprint density at radius 2 is 2.40 bits per heavy atom. The number of hydrogen-bond acceptors (Lipinski definition) is 3. The fraction of sp³-hybridized carbons (Fsp3) is 0. The first-order valence-corrected chi connectivity index (χ1v) is 2.84. The minimum atomic E-state index is 0.379. The highest BCUT2D eigenvalue weighted by Crippen LogP contribution is 1.97. The summed E-state index contributed by atoms with van der Waals surface area (Å²) in [5.41, 5.74) is 0. The Morgan fingerprint density at radius 1 is 1.50 bits per heavy atom. The lowest BCUT2D eigenvalue weighted by Crippen LogP contribution is -2.04. The molecule has 2 aliphatic heterocycles. The molecule has 0 bridgehead atoms. The molecule has 50 valence electrons. The van der Waals surface area contributed by atoms with Crippen molar-refractivity contribution in [1.82, 2.24) is 9.72 Å². The minimum Gasteiger partial charge on any atom is -0.361 e. The SMILES string of the molecule is N=c1ccn2cconc1-2. The van der Waals surface area contributed by atoms with Gasteiger partial charge < -0.3 is 9.09 Å². The highest BCUT2D eigenvalue weighted by molar-refractivity contribution is 5.21. The highest BCUT2D eigenvalue weighted by atomic mass is 16.5. The Labute approximate surface area is 56.5 Å². The van der Waals surface area contributed by atoms with Gasteiger partial charge in [0.1, 0.15) is 11.6 Å². The second-order valence-electron chi connectivity index (χ2n) is 1.94. The van der Waals surface area contributed by atoms with Crippen LogP contribution in [-0.4, -0.2) is 9.72 Å². The molecule has 0 radical (unpaired) electrons. The maximum Gasteiger partial charge on any atom is 0.202 e. The standard InChI is InChI=1S/C6H5N3O/c7-5-1-2-9-3-4-10-8-6(5)9/h1-4,7H. The van der Waals surface area contributed by atoms with Crippen LogP contribution in [0.5, 0.6) is 0 Å². The lowest BCUT2D eigenvalue weighted by atomic mass is 10.6. The van der Waals surface area contributed by atoms with Gasteiger partial charge in [-0.05, 0) is 6.07 Å². The number of nitrogens with one attached hydrogen (secondary N) is 1. The van der Waals surface area contributed by atoms with Crippen molar-refractivity contribution in [3.63, 3.8) is 0 Å². The van der Waals surface area contributed by atoms with E-state index in [0.717, 1.165) is 0 Å². The summed E-state index contributed by atoms with van der Waals surface area (Å²) in [5, 5.41) is 11.3. The third-order valence-electron chi connectivity index (χ3n) is 1.31. The van der Waals surface area contributed by atoms with Crippen LogP contribution in [0.4, 0.5) is 0 Å². The van der Waals surface area contributed by atoms with Crippen molar-refractivity contribution in [3.05, 3.63) is 30.1 Å². The fourth-order valence-electron chi connectivity index (χ4n) is 0.829. The third-order valence-corrected chi connectivity index (χ3v) is 1.31. The molecule has 0 fully saturated rings. The number of aromatic nitrogens is 2. The van der Waals surface area contributed by atoms with E-state index in [1.165, 1.54) is 6.26 Å². The van der Waals surface area contributed by atoms with E-state index >= 15 is 0 Å². The number of nitrogens with zero attached hydrogens (tertiary/aromatic N) is 2. The fourth-order valence-corrected chi connectivity index (χ4v) is 0.829. The van der Waals surface area contributed by atoms with Crippen LogP contribution >= 0.6 is 0 Å². The lowest BCUT2D eigenvalue weighted by Gasteiger charge is -1.95. The maximum absolute atomic E-state index is 7.30. The molecule has 0 aliphatic carbocycles. The molecule has 0 aromatic carbocycles. The first-order chi connectivity index (χ1) is 4.88. The topological polar surface area (TPSA) is 54.8 Å². The summed E-state index contributed by atoms with van der Waals surface area (Å²) in [4.78, 5) is 0.